The highest BCUT2D eigenvalue weighted by Crippen LogP contribution is 2.61. The standard InChI is InChI=1S/C14H18O8S/c1-5-8(15)19-6-9(16)20-11-10-12-14(4,22-23(10,17)18)7(2)13(11,3)21-12/h5,7,10-12H,1,6H2,2-4H3. The van der Waals surface area contributed by atoms with Crippen LogP contribution in [0, 0.1) is 5.92 Å². The van der Waals surface area contributed by atoms with Crippen LogP contribution in [0.2, 0.25) is 0 Å². The largest absolute Gasteiger partial charge is 0.455 e. The molecule has 0 radical (unpaired) electrons. The lowest BCUT2D eigenvalue weighted by Crippen LogP contribution is -2.57. The first-order chi connectivity index (χ1) is 10.6. The maximum Gasteiger partial charge on any atom is 0.344 e. The van der Waals surface area contributed by atoms with Crippen LogP contribution in [0.4, 0.5) is 0 Å². The molecule has 3 aliphatic rings. The van der Waals surface area contributed by atoms with E-state index in [9.17, 15) is 18.0 Å². The minimum atomic E-state index is -3.92. The van der Waals surface area contributed by atoms with Gasteiger partial charge in [-0.2, -0.15) is 8.42 Å². The number of hydrogen-bond acceptors (Lipinski definition) is 8. The van der Waals surface area contributed by atoms with Crippen LogP contribution in [0.1, 0.15) is 20.8 Å². The lowest BCUT2D eigenvalue weighted by atomic mass is 9.70. The first kappa shape index (κ1) is 16.4. The zero-order valence-corrected chi connectivity index (χ0v) is 13.8. The van der Waals surface area contributed by atoms with Gasteiger partial charge in [-0.05, 0) is 13.8 Å². The molecule has 0 aromatic heterocycles. The molecule has 6 atom stereocenters. The summed E-state index contributed by atoms with van der Waals surface area (Å²) in [5, 5.41) is -1.08. The number of hydrogen-bond donors (Lipinski definition) is 0. The second-order valence-electron chi connectivity index (χ2n) is 6.39. The molecule has 0 N–H and O–H groups in total. The van der Waals surface area contributed by atoms with Gasteiger partial charge in [-0.1, -0.05) is 13.5 Å². The van der Waals surface area contributed by atoms with Gasteiger partial charge in [0, 0.05) is 12.0 Å². The Morgan fingerprint density at radius 1 is 1.30 bits per heavy atom. The molecule has 0 aliphatic carbocycles. The van der Waals surface area contributed by atoms with Gasteiger partial charge in [0.2, 0.25) is 0 Å². The molecule has 23 heavy (non-hydrogen) atoms. The predicted octanol–water partition coefficient (Wildman–Crippen LogP) is -0.0781. The lowest BCUT2D eigenvalue weighted by Gasteiger charge is -2.38. The summed E-state index contributed by atoms with van der Waals surface area (Å²) in [5.74, 6) is -1.92. The Bertz CT molecular complexity index is 685. The van der Waals surface area contributed by atoms with Crippen LogP contribution in [-0.4, -0.2) is 55.6 Å². The number of carbonyl (C=O) groups excluding carboxylic acids is 2. The van der Waals surface area contributed by atoms with E-state index in [0.717, 1.165) is 6.08 Å². The molecule has 0 saturated carbocycles. The van der Waals surface area contributed by atoms with Crippen molar-refractivity contribution in [3.63, 3.8) is 0 Å². The fourth-order valence-corrected chi connectivity index (χ4v) is 5.88. The smallest absolute Gasteiger partial charge is 0.344 e. The minimum absolute atomic E-state index is 0.304. The number of fused-ring (bicyclic) bond motifs is 1. The lowest BCUT2D eigenvalue weighted by molar-refractivity contribution is -0.168. The molecule has 3 fully saturated rings. The molecule has 2 bridgehead atoms. The van der Waals surface area contributed by atoms with Crippen molar-refractivity contribution >= 4 is 22.1 Å². The molecule has 3 aliphatic heterocycles. The molecular weight excluding hydrogens is 328 g/mol. The summed E-state index contributed by atoms with van der Waals surface area (Å²) in [5.41, 5.74) is -1.94. The number of esters is 2. The summed E-state index contributed by atoms with van der Waals surface area (Å²) >= 11 is 0. The van der Waals surface area contributed by atoms with E-state index in [4.69, 9.17) is 13.7 Å². The van der Waals surface area contributed by atoms with Crippen molar-refractivity contribution in [1.29, 1.82) is 0 Å². The summed E-state index contributed by atoms with van der Waals surface area (Å²) in [6, 6.07) is 0. The van der Waals surface area contributed by atoms with Gasteiger partial charge in [0.05, 0.1) is 0 Å². The van der Waals surface area contributed by atoms with Crippen molar-refractivity contribution in [2.24, 2.45) is 5.92 Å². The first-order valence-electron chi connectivity index (χ1n) is 7.17. The van der Waals surface area contributed by atoms with E-state index in [1.807, 2.05) is 0 Å². The van der Waals surface area contributed by atoms with Crippen molar-refractivity contribution in [3.05, 3.63) is 12.7 Å². The predicted molar refractivity (Wildman–Crippen MR) is 75.7 cm³/mol. The Morgan fingerprint density at radius 2 is 1.96 bits per heavy atom. The fraction of sp³-hybridized carbons (Fsp3) is 0.714. The van der Waals surface area contributed by atoms with Crippen LogP contribution >= 0.6 is 0 Å². The molecule has 0 aromatic rings. The van der Waals surface area contributed by atoms with Crippen LogP contribution in [0.15, 0.2) is 12.7 Å². The molecule has 8 nitrogen and oxygen atoms in total. The second kappa shape index (κ2) is 4.78. The van der Waals surface area contributed by atoms with Gasteiger partial charge in [-0.15, -0.1) is 0 Å². The quantitative estimate of drug-likeness (QED) is 0.395. The molecule has 0 amide bonds. The fourth-order valence-electron chi connectivity index (χ4n) is 3.78. The monoisotopic (exact) mass is 346 g/mol. The van der Waals surface area contributed by atoms with E-state index in [1.165, 1.54) is 0 Å². The molecule has 0 aromatic carbocycles. The Morgan fingerprint density at radius 3 is 2.57 bits per heavy atom. The van der Waals surface area contributed by atoms with Crippen molar-refractivity contribution in [2.75, 3.05) is 6.61 Å². The first-order valence-corrected chi connectivity index (χ1v) is 8.64. The molecule has 6 unspecified atom stereocenters. The summed E-state index contributed by atoms with van der Waals surface area (Å²) in [6.45, 7) is 7.78. The van der Waals surface area contributed by atoms with Crippen LogP contribution in [0.25, 0.3) is 0 Å². The number of ether oxygens (including phenoxy) is 3. The van der Waals surface area contributed by atoms with Gasteiger partial charge in [0.25, 0.3) is 10.1 Å². The Balaban J connectivity index is 1.82. The van der Waals surface area contributed by atoms with Gasteiger partial charge < -0.3 is 14.2 Å². The van der Waals surface area contributed by atoms with E-state index < -0.39 is 57.3 Å². The summed E-state index contributed by atoms with van der Waals surface area (Å²) in [6.07, 6.45) is -0.795. The molecule has 9 heteroatoms. The Kier molecular flexibility index (Phi) is 3.41. The van der Waals surface area contributed by atoms with Crippen LogP contribution in [0.3, 0.4) is 0 Å². The minimum Gasteiger partial charge on any atom is -0.455 e. The number of rotatable bonds is 4. The molecule has 0 spiro atoms. The van der Waals surface area contributed by atoms with E-state index >= 15 is 0 Å². The summed E-state index contributed by atoms with van der Waals surface area (Å²) < 4.78 is 45.6. The maximum absolute atomic E-state index is 12.3. The third-order valence-electron chi connectivity index (χ3n) is 5.21. The van der Waals surface area contributed by atoms with E-state index in [2.05, 4.69) is 11.3 Å². The van der Waals surface area contributed by atoms with Crippen LogP contribution in [-0.2, 0) is 38.1 Å². The Hall–Kier alpha value is -1.45. The summed E-state index contributed by atoms with van der Waals surface area (Å²) in [4.78, 5) is 22.9. The average Bonchev–Trinajstić information content (AvgIpc) is 2.93. The van der Waals surface area contributed by atoms with Crippen LogP contribution < -0.4 is 0 Å². The molecule has 3 saturated heterocycles. The van der Waals surface area contributed by atoms with Gasteiger partial charge in [0.15, 0.2) is 18.0 Å². The molecule has 3 heterocycles. The van der Waals surface area contributed by atoms with Gasteiger partial charge in [-0.25, -0.2) is 9.59 Å². The Labute approximate surface area is 133 Å². The normalized spacial score (nSPS) is 45.7. The molecule has 3 rings (SSSR count). The zero-order valence-electron chi connectivity index (χ0n) is 13.0. The second-order valence-corrected chi connectivity index (χ2v) is 8.09. The number of carbonyl (C=O) groups is 2. The molecule has 128 valence electrons. The third kappa shape index (κ3) is 2.06. The van der Waals surface area contributed by atoms with E-state index in [0.29, 0.717) is 0 Å². The van der Waals surface area contributed by atoms with Gasteiger partial charge in [-0.3, -0.25) is 4.18 Å². The highest BCUT2D eigenvalue weighted by molar-refractivity contribution is 7.87. The summed E-state index contributed by atoms with van der Waals surface area (Å²) in [7, 11) is -3.92. The van der Waals surface area contributed by atoms with Gasteiger partial charge in [0.1, 0.15) is 17.3 Å². The molecular formula is C14H18O8S. The average molecular weight is 346 g/mol. The van der Waals surface area contributed by atoms with Gasteiger partial charge >= 0.3 is 11.9 Å². The van der Waals surface area contributed by atoms with E-state index in [-0.39, 0.29) is 5.92 Å². The van der Waals surface area contributed by atoms with Crippen molar-refractivity contribution < 1.29 is 36.4 Å². The van der Waals surface area contributed by atoms with Crippen LogP contribution in [0.5, 0.6) is 0 Å². The third-order valence-corrected chi connectivity index (χ3v) is 6.97. The SMILES string of the molecule is C=CC(=O)OCC(=O)OC1C2C3OC1(C)C(C)C3(C)OS2(=O)=O. The van der Waals surface area contributed by atoms with Crippen molar-refractivity contribution in [3.8, 4) is 0 Å². The zero-order chi connectivity index (χ0) is 17.2. The van der Waals surface area contributed by atoms with Crippen molar-refractivity contribution in [2.45, 2.75) is 49.4 Å². The van der Waals surface area contributed by atoms with Crippen molar-refractivity contribution in [1.82, 2.24) is 0 Å². The van der Waals surface area contributed by atoms with E-state index in [1.54, 1.807) is 20.8 Å². The maximum atomic E-state index is 12.3. The topological polar surface area (TPSA) is 105 Å². The highest BCUT2D eigenvalue weighted by Gasteiger charge is 2.80. The highest BCUT2D eigenvalue weighted by atomic mass is 32.2.